The summed E-state index contributed by atoms with van der Waals surface area (Å²) >= 11 is 5.14. The number of nitrogens with zero attached hydrogens (tertiary/aromatic N) is 1. The zero-order valence-corrected chi connectivity index (χ0v) is 13.3. The summed E-state index contributed by atoms with van der Waals surface area (Å²) in [5, 5.41) is 4.30. The van der Waals surface area contributed by atoms with Crippen molar-refractivity contribution in [3.05, 3.63) is 52.5 Å². The molecule has 102 valence electrons. The number of benzene rings is 2. The van der Waals surface area contributed by atoms with E-state index in [1.165, 1.54) is 10.3 Å². The standard InChI is InChI=1S/C15H13BrN2OS/c1-19-12-5-2-10(3-6-12)9-17-15-18-13-7-4-11(16)8-14(13)20-15/h2-8H,9H2,1H3,(H,17,18). The van der Waals surface area contributed by atoms with Crippen LogP contribution in [0.3, 0.4) is 0 Å². The molecule has 3 aromatic rings. The van der Waals surface area contributed by atoms with Gasteiger partial charge in [0.15, 0.2) is 5.13 Å². The van der Waals surface area contributed by atoms with Crippen LogP contribution in [0.2, 0.25) is 0 Å². The van der Waals surface area contributed by atoms with Gasteiger partial charge in [0.05, 0.1) is 17.3 Å². The molecule has 20 heavy (non-hydrogen) atoms. The van der Waals surface area contributed by atoms with Crippen LogP contribution in [0.4, 0.5) is 5.13 Å². The van der Waals surface area contributed by atoms with Gasteiger partial charge in [-0.25, -0.2) is 4.98 Å². The van der Waals surface area contributed by atoms with E-state index in [1.54, 1.807) is 18.4 Å². The number of hydrogen-bond donors (Lipinski definition) is 1. The fourth-order valence-electron chi connectivity index (χ4n) is 1.90. The number of rotatable bonds is 4. The molecule has 3 rings (SSSR count). The van der Waals surface area contributed by atoms with Gasteiger partial charge in [-0.2, -0.15) is 0 Å². The second-order valence-corrected chi connectivity index (χ2v) is 6.28. The van der Waals surface area contributed by atoms with Crippen LogP contribution in [-0.4, -0.2) is 12.1 Å². The Morgan fingerprint density at radius 3 is 2.75 bits per heavy atom. The van der Waals surface area contributed by atoms with E-state index < -0.39 is 0 Å². The Morgan fingerprint density at radius 2 is 2.00 bits per heavy atom. The van der Waals surface area contributed by atoms with Crippen molar-refractivity contribution in [1.82, 2.24) is 4.98 Å². The van der Waals surface area contributed by atoms with Crippen LogP contribution in [0.1, 0.15) is 5.56 Å². The van der Waals surface area contributed by atoms with Crippen LogP contribution >= 0.6 is 27.3 Å². The van der Waals surface area contributed by atoms with Crippen LogP contribution in [0.25, 0.3) is 10.2 Å². The molecule has 1 heterocycles. The van der Waals surface area contributed by atoms with E-state index in [9.17, 15) is 0 Å². The smallest absolute Gasteiger partial charge is 0.184 e. The molecule has 1 aromatic heterocycles. The lowest BCUT2D eigenvalue weighted by molar-refractivity contribution is 0.414. The molecule has 3 nitrogen and oxygen atoms in total. The first-order chi connectivity index (χ1) is 9.74. The molecule has 0 amide bonds. The van der Waals surface area contributed by atoms with E-state index >= 15 is 0 Å². The van der Waals surface area contributed by atoms with Crippen molar-refractivity contribution in [2.24, 2.45) is 0 Å². The molecular weight excluding hydrogens is 336 g/mol. The van der Waals surface area contributed by atoms with Gasteiger partial charge in [-0.15, -0.1) is 0 Å². The van der Waals surface area contributed by atoms with Gasteiger partial charge in [-0.1, -0.05) is 39.4 Å². The number of methoxy groups -OCH3 is 1. The van der Waals surface area contributed by atoms with E-state index in [0.29, 0.717) is 0 Å². The van der Waals surface area contributed by atoms with Gasteiger partial charge < -0.3 is 10.1 Å². The summed E-state index contributed by atoms with van der Waals surface area (Å²) in [4.78, 5) is 4.56. The first-order valence-corrected chi connectivity index (χ1v) is 7.78. The Labute approximate surface area is 129 Å². The average molecular weight is 349 g/mol. The fraction of sp³-hybridized carbons (Fsp3) is 0.133. The van der Waals surface area contributed by atoms with Gasteiger partial charge in [0.2, 0.25) is 0 Å². The molecule has 0 bridgehead atoms. The van der Waals surface area contributed by atoms with E-state index in [0.717, 1.165) is 27.4 Å². The molecule has 2 aromatic carbocycles. The molecule has 1 N–H and O–H groups in total. The lowest BCUT2D eigenvalue weighted by atomic mass is 10.2. The quantitative estimate of drug-likeness (QED) is 0.743. The van der Waals surface area contributed by atoms with Crippen LogP contribution < -0.4 is 10.1 Å². The van der Waals surface area contributed by atoms with Gasteiger partial charge in [0.1, 0.15) is 5.75 Å². The van der Waals surface area contributed by atoms with E-state index in [4.69, 9.17) is 4.74 Å². The summed E-state index contributed by atoms with van der Waals surface area (Å²) in [6.07, 6.45) is 0. The third kappa shape index (κ3) is 2.94. The molecule has 0 aliphatic rings. The van der Waals surface area contributed by atoms with Crippen molar-refractivity contribution in [2.75, 3.05) is 12.4 Å². The molecule has 0 spiro atoms. The number of ether oxygens (including phenoxy) is 1. The van der Waals surface area contributed by atoms with Crippen LogP contribution in [0.15, 0.2) is 46.9 Å². The van der Waals surface area contributed by atoms with Gasteiger partial charge in [-0.05, 0) is 35.9 Å². The average Bonchev–Trinajstić information content (AvgIpc) is 2.87. The molecule has 0 unspecified atom stereocenters. The highest BCUT2D eigenvalue weighted by Gasteiger charge is 2.04. The minimum atomic E-state index is 0.755. The number of hydrogen-bond acceptors (Lipinski definition) is 4. The molecule has 5 heteroatoms. The number of fused-ring (bicyclic) bond motifs is 1. The summed E-state index contributed by atoms with van der Waals surface area (Å²) in [7, 11) is 1.67. The molecule has 0 saturated carbocycles. The largest absolute Gasteiger partial charge is 0.497 e. The lowest BCUT2D eigenvalue weighted by Gasteiger charge is -2.04. The van der Waals surface area contributed by atoms with Gasteiger partial charge in [0, 0.05) is 11.0 Å². The highest BCUT2D eigenvalue weighted by Crippen LogP contribution is 2.28. The summed E-state index contributed by atoms with van der Waals surface area (Å²) < 4.78 is 7.40. The summed E-state index contributed by atoms with van der Waals surface area (Å²) in [5.74, 6) is 0.874. The predicted octanol–water partition coefficient (Wildman–Crippen LogP) is 4.68. The van der Waals surface area contributed by atoms with Crippen molar-refractivity contribution < 1.29 is 4.74 Å². The zero-order chi connectivity index (χ0) is 13.9. The number of nitrogens with one attached hydrogen (secondary N) is 1. The highest BCUT2D eigenvalue weighted by atomic mass is 79.9. The van der Waals surface area contributed by atoms with Gasteiger partial charge >= 0.3 is 0 Å². The Bertz CT molecular complexity index is 724. The number of thiazole rings is 1. The molecule has 0 atom stereocenters. The number of anilines is 1. The molecule has 0 saturated heterocycles. The van der Waals surface area contributed by atoms with E-state index in [2.05, 4.69) is 44.4 Å². The molecule has 0 aliphatic carbocycles. The minimum Gasteiger partial charge on any atom is -0.497 e. The zero-order valence-electron chi connectivity index (χ0n) is 10.9. The lowest BCUT2D eigenvalue weighted by Crippen LogP contribution is -1.98. The van der Waals surface area contributed by atoms with Crippen molar-refractivity contribution >= 4 is 42.6 Å². The molecule has 0 radical (unpaired) electrons. The summed E-state index contributed by atoms with van der Waals surface area (Å²) in [5.41, 5.74) is 2.22. The fourth-order valence-corrected chi connectivity index (χ4v) is 3.31. The van der Waals surface area contributed by atoms with Crippen molar-refractivity contribution in [3.63, 3.8) is 0 Å². The molecular formula is C15H13BrN2OS. The van der Waals surface area contributed by atoms with E-state index in [-0.39, 0.29) is 0 Å². The maximum Gasteiger partial charge on any atom is 0.184 e. The second-order valence-electron chi connectivity index (χ2n) is 4.33. The van der Waals surface area contributed by atoms with Crippen molar-refractivity contribution in [1.29, 1.82) is 0 Å². The number of aromatic nitrogens is 1. The maximum atomic E-state index is 5.15. The predicted molar refractivity (Wildman–Crippen MR) is 87.6 cm³/mol. The van der Waals surface area contributed by atoms with Gasteiger partial charge in [0.25, 0.3) is 0 Å². The summed E-state index contributed by atoms with van der Waals surface area (Å²) in [6, 6.07) is 14.2. The van der Waals surface area contributed by atoms with Crippen LogP contribution in [-0.2, 0) is 6.54 Å². The Kier molecular flexibility index (Phi) is 3.89. The van der Waals surface area contributed by atoms with E-state index in [1.807, 2.05) is 24.3 Å². The second kappa shape index (κ2) is 5.81. The normalized spacial score (nSPS) is 10.7. The van der Waals surface area contributed by atoms with Crippen molar-refractivity contribution in [3.8, 4) is 5.75 Å². The monoisotopic (exact) mass is 348 g/mol. The summed E-state index contributed by atoms with van der Waals surface area (Å²) in [6.45, 7) is 0.755. The van der Waals surface area contributed by atoms with Crippen LogP contribution in [0.5, 0.6) is 5.75 Å². The molecule has 0 fully saturated rings. The first-order valence-electron chi connectivity index (χ1n) is 6.17. The topological polar surface area (TPSA) is 34.1 Å². The van der Waals surface area contributed by atoms with Gasteiger partial charge in [-0.3, -0.25) is 0 Å². The first kappa shape index (κ1) is 13.4. The van der Waals surface area contributed by atoms with Crippen LogP contribution in [0, 0.1) is 0 Å². The Balaban J connectivity index is 1.72. The third-order valence-electron chi connectivity index (χ3n) is 2.95. The van der Waals surface area contributed by atoms with Crippen molar-refractivity contribution in [2.45, 2.75) is 6.54 Å². The Hall–Kier alpha value is -1.59. The maximum absolute atomic E-state index is 5.15. The Morgan fingerprint density at radius 1 is 1.20 bits per heavy atom. The minimum absolute atomic E-state index is 0.755. The number of halogens is 1. The SMILES string of the molecule is COc1ccc(CNc2nc3ccc(Br)cc3s2)cc1. The molecule has 0 aliphatic heterocycles. The third-order valence-corrected chi connectivity index (χ3v) is 4.42. The highest BCUT2D eigenvalue weighted by molar-refractivity contribution is 9.10.